The molecular formula is C17H21N3O2. The van der Waals surface area contributed by atoms with Crippen LogP contribution in [0.15, 0.2) is 36.4 Å². The highest BCUT2D eigenvalue weighted by Crippen LogP contribution is 2.38. The number of anilines is 2. The molecule has 1 unspecified atom stereocenters. The fourth-order valence-corrected chi connectivity index (χ4v) is 3.11. The van der Waals surface area contributed by atoms with Gasteiger partial charge in [-0.25, -0.2) is 0 Å². The molecule has 22 heavy (non-hydrogen) atoms. The molecule has 0 fully saturated rings. The number of aromatic nitrogens is 1. The summed E-state index contributed by atoms with van der Waals surface area (Å²) in [5.74, 6) is 0. The first-order valence-electron chi connectivity index (χ1n) is 7.30. The Hall–Kier alpha value is -2.24. The molecule has 1 aromatic heterocycles. The summed E-state index contributed by atoms with van der Waals surface area (Å²) in [7, 11) is 3.92. The number of likely N-dealkylation sites (N-methyl/N-ethyl adjacent to an activating group) is 1. The van der Waals surface area contributed by atoms with E-state index in [1.54, 1.807) is 0 Å². The monoisotopic (exact) mass is 299 g/mol. The van der Waals surface area contributed by atoms with E-state index in [1.807, 2.05) is 43.3 Å². The second-order valence-corrected chi connectivity index (χ2v) is 5.69. The molecule has 0 aliphatic rings. The van der Waals surface area contributed by atoms with Gasteiger partial charge in [-0.1, -0.05) is 18.2 Å². The van der Waals surface area contributed by atoms with Crippen LogP contribution in [0, 0.1) is 0 Å². The molecule has 3 rings (SSSR count). The Bertz CT molecular complexity index is 825. The first-order valence-corrected chi connectivity index (χ1v) is 7.30. The van der Waals surface area contributed by atoms with Crippen LogP contribution in [0.3, 0.4) is 0 Å². The highest BCUT2D eigenvalue weighted by molar-refractivity contribution is 6.17. The number of nitrogen functional groups attached to an aromatic ring is 1. The average Bonchev–Trinajstić information content (AvgIpc) is 2.82. The van der Waals surface area contributed by atoms with E-state index in [2.05, 4.69) is 16.7 Å². The van der Waals surface area contributed by atoms with E-state index in [4.69, 9.17) is 10.8 Å². The minimum atomic E-state index is -0.771. The van der Waals surface area contributed by atoms with Gasteiger partial charge in [0.1, 0.15) is 0 Å². The Morgan fingerprint density at radius 3 is 2.68 bits per heavy atom. The van der Waals surface area contributed by atoms with Gasteiger partial charge in [0.15, 0.2) is 0 Å². The average molecular weight is 299 g/mol. The molecule has 5 heteroatoms. The first-order chi connectivity index (χ1) is 10.5. The zero-order valence-corrected chi connectivity index (χ0v) is 12.8. The summed E-state index contributed by atoms with van der Waals surface area (Å²) in [5, 5.41) is 21.0. The Morgan fingerprint density at radius 1 is 1.23 bits per heavy atom. The maximum absolute atomic E-state index is 9.71. The smallest absolute Gasteiger partial charge is 0.0945 e. The Balaban J connectivity index is 2.28. The van der Waals surface area contributed by atoms with Gasteiger partial charge in [-0.15, -0.1) is 0 Å². The van der Waals surface area contributed by atoms with Crippen molar-refractivity contribution in [2.24, 2.45) is 7.05 Å². The van der Waals surface area contributed by atoms with E-state index in [0.29, 0.717) is 6.54 Å². The minimum absolute atomic E-state index is 0.252. The number of hydrogen-bond acceptors (Lipinski definition) is 4. The lowest BCUT2D eigenvalue weighted by Crippen LogP contribution is -2.31. The van der Waals surface area contributed by atoms with Gasteiger partial charge in [0.05, 0.1) is 23.9 Å². The summed E-state index contributed by atoms with van der Waals surface area (Å²) in [6.45, 7) is 0.108. The Labute approximate surface area is 129 Å². The third-order valence-corrected chi connectivity index (χ3v) is 4.16. The molecule has 0 amide bonds. The van der Waals surface area contributed by atoms with E-state index in [-0.39, 0.29) is 6.61 Å². The summed E-state index contributed by atoms with van der Waals surface area (Å²) >= 11 is 0. The summed E-state index contributed by atoms with van der Waals surface area (Å²) in [6, 6.07) is 12.0. The van der Waals surface area contributed by atoms with Gasteiger partial charge in [-0.3, -0.25) is 0 Å². The molecule has 0 radical (unpaired) electrons. The lowest BCUT2D eigenvalue weighted by molar-refractivity contribution is 0.101. The van der Waals surface area contributed by atoms with E-state index in [0.717, 1.165) is 33.2 Å². The van der Waals surface area contributed by atoms with Gasteiger partial charge in [-0.05, 0) is 18.2 Å². The summed E-state index contributed by atoms with van der Waals surface area (Å²) in [6.07, 6.45) is -0.771. The number of nitrogens with two attached hydrogens (primary N) is 1. The zero-order valence-electron chi connectivity index (χ0n) is 12.8. The molecule has 3 aromatic rings. The van der Waals surface area contributed by atoms with Crippen LogP contribution in [0.25, 0.3) is 21.8 Å². The van der Waals surface area contributed by atoms with Crippen molar-refractivity contribution in [1.82, 2.24) is 4.57 Å². The molecule has 0 saturated heterocycles. The number of fused-ring (bicyclic) bond motifs is 3. The molecule has 116 valence electrons. The molecular weight excluding hydrogens is 278 g/mol. The van der Waals surface area contributed by atoms with Crippen LogP contribution >= 0.6 is 0 Å². The van der Waals surface area contributed by atoms with Gasteiger partial charge in [-0.2, -0.15) is 0 Å². The fraction of sp³-hybridized carbons (Fsp3) is 0.294. The number of para-hydroxylation sites is 1. The second kappa shape index (κ2) is 5.51. The standard InChI is InChI=1S/C17H21N3O2/c1-19(9-11(22)10-21)15-8-7-13(18)17-16(15)12-5-3-4-6-14(12)20(17)2/h3-8,11,21-22H,9-10,18H2,1-2H3. The van der Waals surface area contributed by atoms with Crippen molar-refractivity contribution in [3.05, 3.63) is 36.4 Å². The largest absolute Gasteiger partial charge is 0.397 e. The van der Waals surface area contributed by atoms with E-state index >= 15 is 0 Å². The van der Waals surface area contributed by atoms with Crippen molar-refractivity contribution in [1.29, 1.82) is 0 Å². The molecule has 0 aliphatic carbocycles. The predicted molar refractivity (Wildman–Crippen MR) is 91.2 cm³/mol. The van der Waals surface area contributed by atoms with Crippen LogP contribution in [0.2, 0.25) is 0 Å². The SMILES string of the molecule is CN(CC(O)CO)c1ccc(N)c2c1c1ccccc1n2C. The lowest BCUT2D eigenvalue weighted by atomic mass is 10.1. The maximum Gasteiger partial charge on any atom is 0.0945 e. The van der Waals surface area contributed by atoms with E-state index < -0.39 is 6.10 Å². The van der Waals surface area contributed by atoms with Gasteiger partial charge >= 0.3 is 0 Å². The van der Waals surface area contributed by atoms with Gasteiger partial charge in [0, 0.05) is 42.6 Å². The van der Waals surface area contributed by atoms with E-state index in [1.165, 1.54) is 0 Å². The van der Waals surface area contributed by atoms with Crippen LogP contribution in [-0.2, 0) is 7.05 Å². The van der Waals surface area contributed by atoms with Gasteiger partial charge < -0.3 is 25.4 Å². The number of rotatable bonds is 4. The van der Waals surface area contributed by atoms with Crippen molar-refractivity contribution < 1.29 is 10.2 Å². The molecule has 1 atom stereocenters. The first kappa shape index (κ1) is 14.7. The summed E-state index contributed by atoms with van der Waals surface area (Å²) < 4.78 is 2.10. The summed E-state index contributed by atoms with van der Waals surface area (Å²) in [5.41, 5.74) is 10.0. The maximum atomic E-state index is 9.71. The third-order valence-electron chi connectivity index (χ3n) is 4.16. The van der Waals surface area contributed by atoms with Crippen molar-refractivity contribution in [2.45, 2.75) is 6.10 Å². The predicted octanol–water partition coefficient (Wildman–Crippen LogP) is 1.70. The molecule has 0 saturated carbocycles. The highest BCUT2D eigenvalue weighted by Gasteiger charge is 2.17. The molecule has 2 aromatic carbocycles. The van der Waals surface area contributed by atoms with Crippen LogP contribution in [-0.4, -0.2) is 41.1 Å². The van der Waals surface area contributed by atoms with Crippen LogP contribution < -0.4 is 10.6 Å². The van der Waals surface area contributed by atoms with Crippen molar-refractivity contribution in [3.63, 3.8) is 0 Å². The summed E-state index contributed by atoms with van der Waals surface area (Å²) in [4.78, 5) is 1.95. The topological polar surface area (TPSA) is 74.7 Å². The van der Waals surface area contributed by atoms with Crippen molar-refractivity contribution in [3.8, 4) is 0 Å². The van der Waals surface area contributed by atoms with Crippen molar-refractivity contribution in [2.75, 3.05) is 30.8 Å². The minimum Gasteiger partial charge on any atom is -0.397 e. The van der Waals surface area contributed by atoms with Crippen LogP contribution in [0.5, 0.6) is 0 Å². The second-order valence-electron chi connectivity index (χ2n) is 5.69. The zero-order chi connectivity index (χ0) is 15.9. The van der Waals surface area contributed by atoms with Crippen molar-refractivity contribution >= 4 is 33.2 Å². The number of aliphatic hydroxyl groups is 2. The number of nitrogens with zero attached hydrogens (tertiary/aromatic N) is 2. The van der Waals surface area contributed by atoms with Gasteiger partial charge in [0.25, 0.3) is 0 Å². The van der Waals surface area contributed by atoms with Crippen LogP contribution in [0.1, 0.15) is 0 Å². The highest BCUT2D eigenvalue weighted by atomic mass is 16.3. The molecule has 1 heterocycles. The fourth-order valence-electron chi connectivity index (χ4n) is 3.11. The molecule has 0 spiro atoms. The molecule has 5 nitrogen and oxygen atoms in total. The normalized spacial score (nSPS) is 12.9. The molecule has 0 aliphatic heterocycles. The van der Waals surface area contributed by atoms with E-state index in [9.17, 15) is 5.11 Å². The number of benzene rings is 2. The molecule has 0 bridgehead atoms. The number of aliphatic hydroxyl groups excluding tert-OH is 2. The molecule has 4 N–H and O–H groups in total. The quantitative estimate of drug-likeness (QED) is 0.641. The Morgan fingerprint density at radius 2 is 1.95 bits per heavy atom. The Kier molecular flexibility index (Phi) is 3.68. The van der Waals surface area contributed by atoms with Crippen LogP contribution in [0.4, 0.5) is 11.4 Å². The number of aryl methyl sites for hydroxylation is 1. The van der Waals surface area contributed by atoms with Gasteiger partial charge in [0.2, 0.25) is 0 Å². The number of hydrogen-bond donors (Lipinski definition) is 3. The third kappa shape index (κ3) is 2.19. The lowest BCUT2D eigenvalue weighted by Gasteiger charge is -2.23.